The molecule has 3 nitrogen and oxygen atoms in total. The predicted molar refractivity (Wildman–Crippen MR) is 74.5 cm³/mol. The van der Waals surface area contributed by atoms with Gasteiger partial charge >= 0.3 is 0 Å². The molecule has 0 saturated heterocycles. The van der Waals surface area contributed by atoms with Crippen LogP contribution in [-0.4, -0.2) is 28.7 Å². The number of carbonyl (C=O) groups is 1. The number of aliphatic hydroxyl groups excluding tert-OH is 2. The Bertz CT molecular complexity index is 376. The summed E-state index contributed by atoms with van der Waals surface area (Å²) in [5.74, 6) is 1.39. The van der Waals surface area contributed by atoms with E-state index in [-0.39, 0.29) is 11.7 Å². The molecule has 2 aliphatic rings. The van der Waals surface area contributed by atoms with Gasteiger partial charge < -0.3 is 10.2 Å². The minimum absolute atomic E-state index is 0.121. The maximum absolute atomic E-state index is 12.6. The lowest BCUT2D eigenvalue weighted by Crippen LogP contribution is -2.52. The van der Waals surface area contributed by atoms with Gasteiger partial charge in [-0.2, -0.15) is 0 Å². The molecular formula is C16H26O3. The highest BCUT2D eigenvalue weighted by Crippen LogP contribution is 2.52. The molecule has 2 rings (SSSR count). The highest BCUT2D eigenvalue weighted by atomic mass is 16.3. The lowest BCUT2D eigenvalue weighted by Gasteiger charge is -2.50. The molecule has 1 fully saturated rings. The van der Waals surface area contributed by atoms with E-state index < -0.39 is 18.1 Å². The Morgan fingerprint density at radius 1 is 1.37 bits per heavy atom. The minimum atomic E-state index is -1.24. The number of fused-ring (bicyclic) bond motifs is 1. The molecule has 6 unspecified atom stereocenters. The Kier molecular flexibility index (Phi) is 4.17. The van der Waals surface area contributed by atoms with Crippen LogP contribution < -0.4 is 0 Å². The normalized spacial score (nSPS) is 43.6. The zero-order valence-corrected chi connectivity index (χ0v) is 12.2. The first-order valence-electron chi connectivity index (χ1n) is 7.42. The van der Waals surface area contributed by atoms with Gasteiger partial charge in [-0.25, -0.2) is 0 Å². The van der Waals surface area contributed by atoms with Crippen molar-refractivity contribution in [1.82, 2.24) is 0 Å². The third-order valence-corrected chi connectivity index (χ3v) is 5.53. The number of aliphatic hydroxyl groups is 2. The number of Topliss-reactive ketones (excluding diaryl/α,β-unsaturated/α-hetero) is 1. The number of hydrogen-bond acceptors (Lipinski definition) is 3. The Labute approximate surface area is 115 Å². The van der Waals surface area contributed by atoms with Gasteiger partial charge in [-0.1, -0.05) is 39.3 Å². The molecule has 108 valence electrons. The predicted octanol–water partition coefficient (Wildman–Crippen LogP) is 2.17. The van der Waals surface area contributed by atoms with Gasteiger partial charge in [0.05, 0.1) is 6.61 Å². The first-order chi connectivity index (χ1) is 8.91. The highest BCUT2D eigenvalue weighted by Gasteiger charge is 2.51. The summed E-state index contributed by atoms with van der Waals surface area (Å²) < 4.78 is 0. The lowest BCUT2D eigenvalue weighted by molar-refractivity contribution is -0.147. The zero-order chi connectivity index (χ0) is 14.2. The maximum atomic E-state index is 12.6. The topological polar surface area (TPSA) is 57.5 Å². The SMILES string of the molecule is CC1CCC2C(C=CC(C)C2(C)C(=O)C(O)CO)C1. The van der Waals surface area contributed by atoms with Crippen molar-refractivity contribution in [2.24, 2.45) is 29.1 Å². The molecule has 1 saturated carbocycles. The van der Waals surface area contributed by atoms with Gasteiger partial charge in [-0.15, -0.1) is 0 Å². The molecule has 0 radical (unpaired) electrons. The number of rotatable bonds is 3. The summed E-state index contributed by atoms with van der Waals surface area (Å²) in [7, 11) is 0. The van der Waals surface area contributed by atoms with Crippen LogP contribution in [0.3, 0.4) is 0 Å². The van der Waals surface area contributed by atoms with Crippen LogP contribution in [0.4, 0.5) is 0 Å². The maximum Gasteiger partial charge on any atom is 0.170 e. The second kappa shape index (κ2) is 5.37. The molecule has 0 heterocycles. The summed E-state index contributed by atoms with van der Waals surface area (Å²) in [5.41, 5.74) is -0.540. The average Bonchev–Trinajstić information content (AvgIpc) is 2.41. The van der Waals surface area contributed by atoms with Gasteiger partial charge in [0.1, 0.15) is 6.10 Å². The summed E-state index contributed by atoms with van der Waals surface area (Å²) >= 11 is 0. The van der Waals surface area contributed by atoms with Crippen LogP contribution in [0.15, 0.2) is 12.2 Å². The van der Waals surface area contributed by atoms with E-state index in [0.717, 1.165) is 19.3 Å². The van der Waals surface area contributed by atoms with E-state index in [4.69, 9.17) is 5.11 Å². The van der Waals surface area contributed by atoms with E-state index in [1.54, 1.807) is 0 Å². The summed E-state index contributed by atoms with van der Waals surface area (Å²) in [6, 6.07) is 0. The van der Waals surface area contributed by atoms with Gasteiger partial charge in [-0.3, -0.25) is 4.79 Å². The van der Waals surface area contributed by atoms with Gasteiger partial charge in [0.15, 0.2) is 5.78 Å². The summed E-state index contributed by atoms with van der Waals surface area (Å²) in [6.07, 6.45) is 6.48. The number of carbonyl (C=O) groups excluding carboxylic acids is 1. The monoisotopic (exact) mass is 266 g/mol. The number of hydrogen-bond donors (Lipinski definition) is 2. The van der Waals surface area contributed by atoms with E-state index in [0.29, 0.717) is 17.8 Å². The fraction of sp³-hybridized carbons (Fsp3) is 0.812. The van der Waals surface area contributed by atoms with Crippen LogP contribution in [-0.2, 0) is 4.79 Å². The molecule has 0 aliphatic heterocycles. The van der Waals surface area contributed by atoms with E-state index in [9.17, 15) is 9.90 Å². The number of allylic oxidation sites excluding steroid dienone is 2. The van der Waals surface area contributed by atoms with Gasteiger partial charge in [-0.05, 0) is 36.5 Å². The van der Waals surface area contributed by atoms with Crippen LogP contribution in [0.1, 0.15) is 40.0 Å². The van der Waals surface area contributed by atoms with E-state index in [1.807, 2.05) is 13.8 Å². The molecule has 0 spiro atoms. The van der Waals surface area contributed by atoms with Crippen LogP contribution in [0.2, 0.25) is 0 Å². The van der Waals surface area contributed by atoms with Crippen molar-refractivity contribution in [3.05, 3.63) is 12.2 Å². The first kappa shape index (κ1) is 14.7. The molecule has 0 aromatic heterocycles. The molecular weight excluding hydrogens is 240 g/mol. The molecule has 0 aromatic carbocycles. The largest absolute Gasteiger partial charge is 0.393 e. The molecule has 0 aromatic rings. The molecule has 2 N–H and O–H groups in total. The number of ketones is 1. The Morgan fingerprint density at radius 2 is 2.05 bits per heavy atom. The van der Waals surface area contributed by atoms with Gasteiger partial charge in [0.2, 0.25) is 0 Å². The van der Waals surface area contributed by atoms with Crippen LogP contribution >= 0.6 is 0 Å². The van der Waals surface area contributed by atoms with E-state index >= 15 is 0 Å². The zero-order valence-electron chi connectivity index (χ0n) is 12.2. The van der Waals surface area contributed by atoms with Crippen LogP contribution in [0, 0.1) is 29.1 Å². The fourth-order valence-electron chi connectivity index (χ4n) is 4.08. The molecule has 3 heteroatoms. The van der Waals surface area contributed by atoms with Crippen LogP contribution in [0.25, 0.3) is 0 Å². The van der Waals surface area contributed by atoms with E-state index in [1.165, 1.54) is 0 Å². The Morgan fingerprint density at radius 3 is 2.68 bits per heavy atom. The highest BCUT2D eigenvalue weighted by molar-refractivity contribution is 5.89. The second-order valence-electron chi connectivity index (χ2n) is 6.71. The smallest absolute Gasteiger partial charge is 0.170 e. The second-order valence-corrected chi connectivity index (χ2v) is 6.71. The average molecular weight is 266 g/mol. The first-order valence-corrected chi connectivity index (χ1v) is 7.42. The fourth-order valence-corrected chi connectivity index (χ4v) is 4.08. The molecule has 19 heavy (non-hydrogen) atoms. The summed E-state index contributed by atoms with van der Waals surface area (Å²) in [5, 5.41) is 18.9. The minimum Gasteiger partial charge on any atom is -0.393 e. The van der Waals surface area contributed by atoms with Crippen molar-refractivity contribution < 1.29 is 15.0 Å². The van der Waals surface area contributed by atoms with Crippen molar-refractivity contribution in [3.63, 3.8) is 0 Å². The standard InChI is InChI=1S/C16H26O3/c1-10-4-7-13-12(8-10)6-5-11(2)16(13,3)15(19)14(18)9-17/h5-6,10-14,17-18H,4,7-9H2,1-3H3. The van der Waals surface area contributed by atoms with Crippen molar-refractivity contribution in [1.29, 1.82) is 0 Å². The summed E-state index contributed by atoms with van der Waals surface area (Å²) in [6.45, 7) is 5.82. The van der Waals surface area contributed by atoms with E-state index in [2.05, 4.69) is 19.1 Å². The van der Waals surface area contributed by atoms with Crippen LogP contribution in [0.5, 0.6) is 0 Å². The van der Waals surface area contributed by atoms with Crippen molar-refractivity contribution in [2.45, 2.75) is 46.1 Å². The molecule has 6 atom stereocenters. The lowest BCUT2D eigenvalue weighted by atomic mass is 9.53. The van der Waals surface area contributed by atoms with Crippen molar-refractivity contribution >= 4 is 5.78 Å². The van der Waals surface area contributed by atoms with Gasteiger partial charge in [0.25, 0.3) is 0 Å². The molecule has 2 aliphatic carbocycles. The Balaban J connectivity index is 2.31. The quantitative estimate of drug-likeness (QED) is 0.770. The molecule has 0 bridgehead atoms. The third kappa shape index (κ3) is 2.38. The Hall–Kier alpha value is -0.670. The molecule has 0 amide bonds. The van der Waals surface area contributed by atoms with Crippen molar-refractivity contribution in [3.8, 4) is 0 Å². The third-order valence-electron chi connectivity index (χ3n) is 5.53. The van der Waals surface area contributed by atoms with Gasteiger partial charge in [0, 0.05) is 5.41 Å². The summed E-state index contributed by atoms with van der Waals surface area (Å²) in [4.78, 5) is 12.6. The van der Waals surface area contributed by atoms with Crippen molar-refractivity contribution in [2.75, 3.05) is 6.61 Å².